The third kappa shape index (κ3) is 5.34. The molecule has 4 nitrogen and oxygen atoms in total. The number of amides is 1. The highest BCUT2D eigenvalue weighted by molar-refractivity contribution is 5.68. The van der Waals surface area contributed by atoms with E-state index in [1.165, 1.54) is 6.07 Å². The maximum absolute atomic E-state index is 14.1. The minimum Gasteiger partial charge on any atom is -0.444 e. The maximum atomic E-state index is 14.1. The molecule has 21 heavy (non-hydrogen) atoms. The van der Waals surface area contributed by atoms with E-state index < -0.39 is 29.2 Å². The zero-order chi connectivity index (χ0) is 16.4. The Bertz CT molecular complexity index is 515. The molecule has 0 aliphatic rings. The van der Waals surface area contributed by atoms with E-state index in [9.17, 15) is 14.3 Å². The lowest BCUT2D eigenvalue weighted by Gasteiger charge is -2.23. The Kier molecular flexibility index (Phi) is 4.99. The highest BCUT2D eigenvalue weighted by Gasteiger charge is 2.22. The van der Waals surface area contributed by atoms with Crippen molar-refractivity contribution in [1.29, 1.82) is 0 Å². The van der Waals surface area contributed by atoms with E-state index in [0.29, 0.717) is 11.1 Å². The van der Waals surface area contributed by atoms with Crippen LogP contribution in [-0.2, 0) is 10.3 Å². The number of nitrogens with one attached hydrogen (secondary N) is 1. The van der Waals surface area contributed by atoms with Crippen LogP contribution >= 0.6 is 0 Å². The van der Waals surface area contributed by atoms with Gasteiger partial charge in [0.25, 0.3) is 0 Å². The summed E-state index contributed by atoms with van der Waals surface area (Å²) >= 11 is 0. The van der Waals surface area contributed by atoms with E-state index in [4.69, 9.17) is 4.74 Å². The lowest BCUT2D eigenvalue weighted by Crippen LogP contribution is -2.34. The van der Waals surface area contributed by atoms with E-state index in [-0.39, 0.29) is 0 Å². The summed E-state index contributed by atoms with van der Waals surface area (Å²) in [5, 5.41) is 12.4. The standard InChI is InChI=1S/C16H24FNO3/c1-10(18-14(19)21-15(2,3)4)12-8-7-11(9-13(12)17)16(5,6)20/h7-10,20H,1-6H3,(H,18,19). The molecule has 0 saturated heterocycles. The first-order valence-corrected chi connectivity index (χ1v) is 6.92. The summed E-state index contributed by atoms with van der Waals surface area (Å²) in [7, 11) is 0. The van der Waals surface area contributed by atoms with Gasteiger partial charge in [0.2, 0.25) is 0 Å². The number of benzene rings is 1. The quantitative estimate of drug-likeness (QED) is 0.895. The molecule has 5 heteroatoms. The summed E-state index contributed by atoms with van der Waals surface area (Å²) in [6, 6.07) is 3.95. The highest BCUT2D eigenvalue weighted by Crippen LogP contribution is 2.25. The van der Waals surface area contributed by atoms with Gasteiger partial charge >= 0.3 is 6.09 Å². The predicted octanol–water partition coefficient (Wildman–Crippen LogP) is 3.64. The molecule has 1 aromatic rings. The first-order chi connectivity index (χ1) is 9.40. The Balaban J connectivity index is 2.84. The van der Waals surface area contributed by atoms with Gasteiger partial charge in [0, 0.05) is 5.56 Å². The molecule has 0 bridgehead atoms. The molecule has 1 rings (SSSR count). The summed E-state index contributed by atoms with van der Waals surface area (Å²) < 4.78 is 19.3. The highest BCUT2D eigenvalue weighted by atomic mass is 19.1. The minimum atomic E-state index is -1.11. The van der Waals surface area contributed by atoms with Crippen molar-refractivity contribution < 1.29 is 19.0 Å². The van der Waals surface area contributed by atoms with Crippen LogP contribution in [0.3, 0.4) is 0 Å². The fourth-order valence-corrected chi connectivity index (χ4v) is 1.82. The van der Waals surface area contributed by atoms with Gasteiger partial charge in [0.05, 0.1) is 11.6 Å². The van der Waals surface area contributed by atoms with Crippen molar-refractivity contribution in [3.05, 3.63) is 35.1 Å². The molecule has 0 aromatic heterocycles. The number of hydrogen-bond donors (Lipinski definition) is 2. The number of alkyl carbamates (subject to hydrolysis) is 1. The second-order valence-electron chi connectivity index (χ2n) is 6.66. The molecule has 1 amide bonds. The lowest BCUT2D eigenvalue weighted by molar-refractivity contribution is 0.0506. The molecule has 1 aromatic carbocycles. The second kappa shape index (κ2) is 6.02. The molecular formula is C16H24FNO3. The van der Waals surface area contributed by atoms with Crippen molar-refractivity contribution in [3.63, 3.8) is 0 Å². The van der Waals surface area contributed by atoms with Crippen molar-refractivity contribution in [2.75, 3.05) is 0 Å². The Morgan fingerprint density at radius 3 is 2.29 bits per heavy atom. The van der Waals surface area contributed by atoms with Gasteiger partial charge in [-0.2, -0.15) is 0 Å². The van der Waals surface area contributed by atoms with E-state index in [2.05, 4.69) is 5.32 Å². The molecule has 0 heterocycles. The zero-order valence-electron chi connectivity index (χ0n) is 13.5. The molecular weight excluding hydrogens is 273 g/mol. The molecule has 0 aliphatic heterocycles. The smallest absolute Gasteiger partial charge is 0.408 e. The Labute approximate surface area is 125 Å². The number of carbonyl (C=O) groups excluding carboxylic acids is 1. The van der Waals surface area contributed by atoms with Gasteiger partial charge in [-0.05, 0) is 53.2 Å². The van der Waals surface area contributed by atoms with Gasteiger partial charge in [0.15, 0.2) is 0 Å². The van der Waals surface area contributed by atoms with E-state index in [1.54, 1.807) is 53.7 Å². The molecule has 0 radical (unpaired) electrons. The van der Waals surface area contributed by atoms with Crippen molar-refractivity contribution in [2.45, 2.75) is 58.8 Å². The topological polar surface area (TPSA) is 58.6 Å². The van der Waals surface area contributed by atoms with E-state index in [0.717, 1.165) is 0 Å². The average molecular weight is 297 g/mol. The summed E-state index contributed by atoms with van der Waals surface area (Å²) in [4.78, 5) is 11.7. The number of rotatable bonds is 3. The van der Waals surface area contributed by atoms with Crippen LogP contribution in [0.2, 0.25) is 0 Å². The van der Waals surface area contributed by atoms with Gasteiger partial charge in [-0.3, -0.25) is 0 Å². The van der Waals surface area contributed by atoms with Crippen LogP contribution in [0.25, 0.3) is 0 Å². The van der Waals surface area contributed by atoms with Gasteiger partial charge in [-0.15, -0.1) is 0 Å². The summed E-state index contributed by atoms with van der Waals surface area (Å²) in [5.41, 5.74) is -0.893. The van der Waals surface area contributed by atoms with Gasteiger partial charge < -0.3 is 15.2 Å². The van der Waals surface area contributed by atoms with E-state index >= 15 is 0 Å². The molecule has 0 aliphatic carbocycles. The molecule has 0 spiro atoms. The Hall–Kier alpha value is -1.62. The van der Waals surface area contributed by atoms with E-state index in [1.807, 2.05) is 0 Å². The largest absolute Gasteiger partial charge is 0.444 e. The first-order valence-electron chi connectivity index (χ1n) is 6.92. The lowest BCUT2D eigenvalue weighted by atomic mass is 9.95. The van der Waals surface area contributed by atoms with Crippen LogP contribution in [0.5, 0.6) is 0 Å². The van der Waals surface area contributed by atoms with Gasteiger partial charge in [-0.25, -0.2) is 9.18 Å². The predicted molar refractivity (Wildman–Crippen MR) is 79.4 cm³/mol. The zero-order valence-corrected chi connectivity index (χ0v) is 13.5. The molecule has 1 unspecified atom stereocenters. The third-order valence-electron chi connectivity index (χ3n) is 2.91. The van der Waals surface area contributed by atoms with Gasteiger partial charge in [-0.1, -0.05) is 12.1 Å². The average Bonchev–Trinajstić information content (AvgIpc) is 2.24. The van der Waals surface area contributed by atoms with Crippen molar-refractivity contribution >= 4 is 6.09 Å². The molecule has 1 atom stereocenters. The summed E-state index contributed by atoms with van der Waals surface area (Å²) in [6.07, 6.45) is -0.596. The second-order valence-corrected chi connectivity index (χ2v) is 6.66. The number of hydrogen-bond acceptors (Lipinski definition) is 3. The van der Waals surface area contributed by atoms with Crippen LogP contribution < -0.4 is 5.32 Å². The number of aliphatic hydroxyl groups is 1. The minimum absolute atomic E-state index is 0.342. The van der Waals surface area contributed by atoms with Crippen molar-refractivity contribution in [2.24, 2.45) is 0 Å². The Morgan fingerprint density at radius 1 is 1.29 bits per heavy atom. The number of carbonyl (C=O) groups is 1. The number of ether oxygens (including phenoxy) is 1. The Morgan fingerprint density at radius 2 is 1.86 bits per heavy atom. The van der Waals surface area contributed by atoms with Crippen LogP contribution in [-0.4, -0.2) is 16.8 Å². The fraction of sp³-hybridized carbons (Fsp3) is 0.562. The maximum Gasteiger partial charge on any atom is 0.408 e. The van der Waals surface area contributed by atoms with Crippen LogP contribution in [0.4, 0.5) is 9.18 Å². The molecule has 0 saturated carbocycles. The van der Waals surface area contributed by atoms with Gasteiger partial charge in [0.1, 0.15) is 11.4 Å². The third-order valence-corrected chi connectivity index (χ3v) is 2.91. The fourth-order valence-electron chi connectivity index (χ4n) is 1.82. The SMILES string of the molecule is CC(NC(=O)OC(C)(C)C)c1ccc(C(C)(C)O)cc1F. The molecule has 0 fully saturated rings. The summed E-state index contributed by atoms with van der Waals surface area (Å²) in [5.74, 6) is -0.474. The first kappa shape index (κ1) is 17.4. The normalized spacial score (nSPS) is 13.7. The molecule has 2 N–H and O–H groups in total. The summed E-state index contributed by atoms with van der Waals surface area (Å²) in [6.45, 7) is 10.1. The number of halogens is 1. The monoisotopic (exact) mass is 297 g/mol. The molecule has 118 valence electrons. The van der Waals surface area contributed by atoms with Crippen molar-refractivity contribution in [3.8, 4) is 0 Å². The van der Waals surface area contributed by atoms with Crippen LogP contribution in [0.1, 0.15) is 58.7 Å². The van der Waals surface area contributed by atoms with Crippen LogP contribution in [0, 0.1) is 5.82 Å². The van der Waals surface area contributed by atoms with Crippen LogP contribution in [0.15, 0.2) is 18.2 Å². The van der Waals surface area contributed by atoms with Crippen molar-refractivity contribution in [1.82, 2.24) is 5.32 Å².